The summed E-state index contributed by atoms with van der Waals surface area (Å²) in [7, 11) is 1.70. The van der Waals surface area contributed by atoms with Crippen LogP contribution in [0, 0.1) is 0 Å². The molecule has 22 heavy (non-hydrogen) atoms. The van der Waals surface area contributed by atoms with Gasteiger partial charge in [-0.05, 0) is 18.9 Å². The van der Waals surface area contributed by atoms with Crippen LogP contribution in [0.3, 0.4) is 0 Å². The number of anilines is 1. The Hall–Kier alpha value is -1.66. The number of carbonyl (C=O) groups excluding carboxylic acids is 1. The summed E-state index contributed by atoms with van der Waals surface area (Å²) in [5.74, 6) is 1.07. The van der Waals surface area contributed by atoms with Crippen LogP contribution in [0.25, 0.3) is 0 Å². The molecule has 0 radical (unpaired) electrons. The lowest BCUT2D eigenvalue weighted by Crippen LogP contribution is -2.41. The van der Waals surface area contributed by atoms with Crippen LogP contribution < -0.4 is 4.90 Å². The van der Waals surface area contributed by atoms with Crippen molar-refractivity contribution in [2.24, 2.45) is 0 Å². The van der Waals surface area contributed by atoms with Crippen molar-refractivity contribution in [3.63, 3.8) is 0 Å². The average Bonchev–Trinajstić information content (AvgIpc) is 3.01. The first-order valence-corrected chi connectivity index (χ1v) is 7.88. The molecule has 1 fully saturated rings. The Balaban J connectivity index is 1.77. The summed E-state index contributed by atoms with van der Waals surface area (Å²) in [6, 6.07) is 3.97. The minimum atomic E-state index is -0.259. The van der Waals surface area contributed by atoms with Crippen LogP contribution in [0.2, 0.25) is 0 Å². The molecule has 1 atom stereocenters. The minimum Gasteiger partial charge on any atom is -0.383 e. The van der Waals surface area contributed by atoms with E-state index in [2.05, 4.69) is 9.88 Å². The molecule has 2 aliphatic rings. The van der Waals surface area contributed by atoms with E-state index in [0.717, 1.165) is 37.3 Å². The lowest BCUT2D eigenvalue weighted by Gasteiger charge is -2.24. The first-order chi connectivity index (χ1) is 10.8. The van der Waals surface area contributed by atoms with E-state index in [4.69, 9.17) is 9.47 Å². The molecule has 6 nitrogen and oxygen atoms in total. The van der Waals surface area contributed by atoms with Crippen LogP contribution in [-0.2, 0) is 20.8 Å². The van der Waals surface area contributed by atoms with Crippen LogP contribution in [-0.4, -0.2) is 61.9 Å². The standard InChI is InChI=1S/C16H23N3O3/c1-21-11-9-18-7-8-19(16(20)14-5-3-10-22-14)12-13-4-2-6-17-15(13)18/h2,4,6,14H,3,5,7-12H2,1H3/t14-/m1/s1. The predicted molar refractivity (Wildman–Crippen MR) is 82.7 cm³/mol. The Morgan fingerprint density at radius 1 is 1.50 bits per heavy atom. The highest BCUT2D eigenvalue weighted by molar-refractivity contribution is 5.81. The maximum Gasteiger partial charge on any atom is 0.252 e. The van der Waals surface area contributed by atoms with E-state index < -0.39 is 0 Å². The van der Waals surface area contributed by atoms with Gasteiger partial charge in [-0.15, -0.1) is 0 Å². The van der Waals surface area contributed by atoms with E-state index >= 15 is 0 Å². The first-order valence-electron chi connectivity index (χ1n) is 7.88. The molecule has 0 aliphatic carbocycles. The minimum absolute atomic E-state index is 0.112. The molecule has 120 valence electrons. The second-order valence-electron chi connectivity index (χ2n) is 5.73. The highest BCUT2D eigenvalue weighted by atomic mass is 16.5. The van der Waals surface area contributed by atoms with Gasteiger partial charge in [0.25, 0.3) is 5.91 Å². The van der Waals surface area contributed by atoms with Gasteiger partial charge in [0.2, 0.25) is 0 Å². The molecule has 0 aromatic carbocycles. The van der Waals surface area contributed by atoms with Gasteiger partial charge in [0.15, 0.2) is 0 Å². The number of rotatable bonds is 4. The number of fused-ring (bicyclic) bond motifs is 1. The van der Waals surface area contributed by atoms with Gasteiger partial charge < -0.3 is 19.3 Å². The van der Waals surface area contributed by atoms with Gasteiger partial charge >= 0.3 is 0 Å². The van der Waals surface area contributed by atoms with E-state index in [0.29, 0.717) is 26.3 Å². The summed E-state index contributed by atoms with van der Waals surface area (Å²) in [5.41, 5.74) is 1.09. The van der Waals surface area contributed by atoms with E-state index in [9.17, 15) is 4.79 Å². The third kappa shape index (κ3) is 3.23. The van der Waals surface area contributed by atoms with Crippen LogP contribution in [0.1, 0.15) is 18.4 Å². The Morgan fingerprint density at radius 2 is 2.41 bits per heavy atom. The van der Waals surface area contributed by atoms with Gasteiger partial charge in [-0.1, -0.05) is 6.07 Å². The highest BCUT2D eigenvalue weighted by Gasteiger charge is 2.30. The molecule has 2 aliphatic heterocycles. The lowest BCUT2D eigenvalue weighted by molar-refractivity contribution is -0.141. The van der Waals surface area contributed by atoms with Crippen molar-refractivity contribution in [3.8, 4) is 0 Å². The number of amides is 1. The molecule has 1 amide bonds. The molecule has 6 heteroatoms. The van der Waals surface area contributed by atoms with Crippen molar-refractivity contribution in [2.45, 2.75) is 25.5 Å². The number of carbonyl (C=O) groups is 1. The zero-order chi connectivity index (χ0) is 15.4. The summed E-state index contributed by atoms with van der Waals surface area (Å²) in [6.45, 7) is 4.19. The monoisotopic (exact) mass is 305 g/mol. The van der Waals surface area contributed by atoms with Gasteiger partial charge in [-0.25, -0.2) is 4.98 Å². The molecule has 3 rings (SSSR count). The second-order valence-corrected chi connectivity index (χ2v) is 5.73. The fourth-order valence-corrected chi connectivity index (χ4v) is 3.05. The maximum atomic E-state index is 12.6. The Bertz CT molecular complexity index is 517. The largest absolute Gasteiger partial charge is 0.383 e. The fraction of sp³-hybridized carbons (Fsp3) is 0.625. The molecule has 0 saturated carbocycles. The zero-order valence-corrected chi connectivity index (χ0v) is 13.0. The van der Waals surface area contributed by atoms with Crippen molar-refractivity contribution < 1.29 is 14.3 Å². The molecule has 1 aromatic heterocycles. The molecule has 3 heterocycles. The SMILES string of the molecule is COCCN1CCN(C(=O)[C@H]2CCCO2)Cc2cccnc21. The quantitative estimate of drug-likeness (QED) is 0.832. The number of pyridine rings is 1. The van der Waals surface area contributed by atoms with Gasteiger partial charge in [-0.2, -0.15) is 0 Å². The molecule has 0 bridgehead atoms. The van der Waals surface area contributed by atoms with Crippen molar-refractivity contribution >= 4 is 11.7 Å². The maximum absolute atomic E-state index is 12.6. The van der Waals surface area contributed by atoms with E-state index in [1.54, 1.807) is 13.3 Å². The van der Waals surface area contributed by atoms with Gasteiger partial charge in [0.05, 0.1) is 6.61 Å². The highest BCUT2D eigenvalue weighted by Crippen LogP contribution is 2.24. The Kier molecular flexibility index (Phi) is 4.90. The third-order valence-corrected chi connectivity index (χ3v) is 4.25. The second kappa shape index (κ2) is 7.07. The molecule has 1 saturated heterocycles. The summed E-state index contributed by atoms with van der Waals surface area (Å²) in [6.07, 6.45) is 3.35. The Labute approximate surface area is 131 Å². The fourth-order valence-electron chi connectivity index (χ4n) is 3.05. The number of aromatic nitrogens is 1. The molecule has 0 spiro atoms. The third-order valence-electron chi connectivity index (χ3n) is 4.25. The number of hydrogen-bond donors (Lipinski definition) is 0. The summed E-state index contributed by atoms with van der Waals surface area (Å²) in [4.78, 5) is 21.2. The first kappa shape index (κ1) is 15.2. The number of hydrogen-bond acceptors (Lipinski definition) is 5. The van der Waals surface area contributed by atoms with Crippen LogP contribution >= 0.6 is 0 Å². The zero-order valence-electron chi connectivity index (χ0n) is 13.0. The molecule has 0 unspecified atom stereocenters. The van der Waals surface area contributed by atoms with E-state index in [-0.39, 0.29) is 12.0 Å². The summed E-state index contributed by atoms with van der Waals surface area (Å²) in [5, 5.41) is 0. The van der Waals surface area contributed by atoms with Gasteiger partial charge in [0, 0.05) is 51.7 Å². The van der Waals surface area contributed by atoms with Crippen molar-refractivity contribution in [2.75, 3.05) is 44.9 Å². The Morgan fingerprint density at radius 3 is 3.18 bits per heavy atom. The number of methoxy groups -OCH3 is 1. The van der Waals surface area contributed by atoms with E-state index in [1.165, 1.54) is 0 Å². The molecule has 1 aromatic rings. The number of ether oxygens (including phenoxy) is 2. The summed E-state index contributed by atoms with van der Waals surface area (Å²) < 4.78 is 10.7. The number of nitrogens with zero attached hydrogens (tertiary/aromatic N) is 3. The predicted octanol–water partition coefficient (Wildman–Crippen LogP) is 1.06. The molecule has 0 N–H and O–H groups in total. The van der Waals surface area contributed by atoms with Crippen molar-refractivity contribution in [3.05, 3.63) is 23.9 Å². The van der Waals surface area contributed by atoms with Crippen LogP contribution in [0.4, 0.5) is 5.82 Å². The molecular weight excluding hydrogens is 282 g/mol. The van der Waals surface area contributed by atoms with Gasteiger partial charge in [0.1, 0.15) is 11.9 Å². The smallest absolute Gasteiger partial charge is 0.252 e. The van der Waals surface area contributed by atoms with Gasteiger partial charge in [-0.3, -0.25) is 4.79 Å². The van der Waals surface area contributed by atoms with Crippen LogP contribution in [0.15, 0.2) is 18.3 Å². The lowest BCUT2D eigenvalue weighted by atomic mass is 10.2. The van der Waals surface area contributed by atoms with Crippen molar-refractivity contribution in [1.29, 1.82) is 0 Å². The average molecular weight is 305 g/mol. The topological polar surface area (TPSA) is 54.9 Å². The van der Waals surface area contributed by atoms with E-state index in [1.807, 2.05) is 17.0 Å². The van der Waals surface area contributed by atoms with Crippen LogP contribution in [0.5, 0.6) is 0 Å². The normalized spacial score (nSPS) is 21.6. The van der Waals surface area contributed by atoms with Crippen molar-refractivity contribution in [1.82, 2.24) is 9.88 Å². The molecular formula is C16H23N3O3. The summed E-state index contributed by atoms with van der Waals surface area (Å²) >= 11 is 0.